The molecule has 1 aromatic heterocycles. The lowest BCUT2D eigenvalue weighted by molar-refractivity contribution is 0.199. The number of hydrogen-bond donors (Lipinski definition) is 2. The molecule has 102 valence electrons. The summed E-state index contributed by atoms with van der Waals surface area (Å²) < 4.78 is 5.03. The van der Waals surface area contributed by atoms with Crippen molar-refractivity contribution in [3.8, 4) is 0 Å². The van der Waals surface area contributed by atoms with E-state index in [0.29, 0.717) is 0 Å². The number of rotatable bonds is 8. The van der Waals surface area contributed by atoms with Crippen molar-refractivity contribution in [1.29, 1.82) is 0 Å². The zero-order valence-corrected chi connectivity index (χ0v) is 11.9. The summed E-state index contributed by atoms with van der Waals surface area (Å²) in [7, 11) is 1.72. The van der Waals surface area contributed by atoms with Gasteiger partial charge in [0.1, 0.15) is 0 Å². The smallest absolute Gasteiger partial charge is 0.165 e. The first-order valence-corrected chi connectivity index (χ1v) is 7.27. The Bertz CT molecular complexity index is 473. The van der Waals surface area contributed by atoms with E-state index in [1.165, 1.54) is 11.1 Å². The molecule has 1 heterocycles. The third-order valence-corrected chi connectivity index (χ3v) is 3.71. The van der Waals surface area contributed by atoms with Gasteiger partial charge in [0.05, 0.1) is 6.61 Å². The lowest BCUT2D eigenvalue weighted by atomic mass is 10.1. The molecular formula is C14H19N3OS. The molecule has 0 saturated carbocycles. The molecule has 0 bridgehead atoms. The Morgan fingerprint density at radius 2 is 2.16 bits per heavy atom. The molecule has 5 heteroatoms. The second-order valence-corrected chi connectivity index (χ2v) is 5.09. The fraction of sp³-hybridized carbons (Fsp3) is 0.357. The van der Waals surface area contributed by atoms with Gasteiger partial charge in [0.15, 0.2) is 5.16 Å². The van der Waals surface area contributed by atoms with Crippen LogP contribution in [0.1, 0.15) is 11.1 Å². The van der Waals surface area contributed by atoms with Crippen LogP contribution in [0.5, 0.6) is 0 Å². The molecule has 0 fully saturated rings. The molecule has 19 heavy (non-hydrogen) atoms. The van der Waals surface area contributed by atoms with Crippen LogP contribution in [0.15, 0.2) is 41.8 Å². The van der Waals surface area contributed by atoms with E-state index in [4.69, 9.17) is 4.74 Å². The van der Waals surface area contributed by atoms with Gasteiger partial charge in [-0.2, -0.15) is 0 Å². The summed E-state index contributed by atoms with van der Waals surface area (Å²) in [5, 5.41) is 4.34. The monoisotopic (exact) mass is 277 g/mol. The van der Waals surface area contributed by atoms with Crippen LogP contribution in [0.2, 0.25) is 0 Å². The van der Waals surface area contributed by atoms with E-state index in [9.17, 15) is 0 Å². The number of ether oxygens (including phenoxy) is 1. The van der Waals surface area contributed by atoms with Crippen molar-refractivity contribution < 1.29 is 4.74 Å². The zero-order valence-electron chi connectivity index (χ0n) is 11.1. The van der Waals surface area contributed by atoms with Crippen molar-refractivity contribution in [3.05, 3.63) is 47.8 Å². The van der Waals surface area contributed by atoms with E-state index >= 15 is 0 Å². The maximum absolute atomic E-state index is 5.03. The fourth-order valence-electron chi connectivity index (χ4n) is 1.74. The Balaban J connectivity index is 1.88. The minimum absolute atomic E-state index is 0.739. The van der Waals surface area contributed by atoms with E-state index in [-0.39, 0.29) is 0 Å². The van der Waals surface area contributed by atoms with Crippen LogP contribution in [-0.4, -0.2) is 30.2 Å². The van der Waals surface area contributed by atoms with Crippen LogP contribution < -0.4 is 5.32 Å². The Hall–Kier alpha value is -1.30. The highest BCUT2D eigenvalue weighted by Gasteiger charge is 2.03. The number of nitrogens with zero attached hydrogens (tertiary/aromatic N) is 1. The number of aromatic nitrogens is 2. The summed E-state index contributed by atoms with van der Waals surface area (Å²) in [5.41, 5.74) is 2.67. The van der Waals surface area contributed by atoms with Gasteiger partial charge in [-0.1, -0.05) is 36.0 Å². The minimum Gasteiger partial charge on any atom is -0.383 e. The van der Waals surface area contributed by atoms with Gasteiger partial charge in [0.2, 0.25) is 0 Å². The third kappa shape index (κ3) is 4.70. The van der Waals surface area contributed by atoms with E-state index in [1.54, 1.807) is 25.1 Å². The largest absolute Gasteiger partial charge is 0.383 e. The van der Waals surface area contributed by atoms with Crippen molar-refractivity contribution in [2.75, 3.05) is 20.3 Å². The van der Waals surface area contributed by atoms with Gasteiger partial charge in [-0.25, -0.2) is 4.98 Å². The number of hydrogen-bond acceptors (Lipinski definition) is 4. The van der Waals surface area contributed by atoms with Crippen LogP contribution in [0.4, 0.5) is 0 Å². The molecule has 0 aliphatic heterocycles. The minimum atomic E-state index is 0.739. The van der Waals surface area contributed by atoms with Crippen LogP contribution in [0.25, 0.3) is 0 Å². The van der Waals surface area contributed by atoms with E-state index < -0.39 is 0 Å². The van der Waals surface area contributed by atoms with Gasteiger partial charge < -0.3 is 15.0 Å². The summed E-state index contributed by atoms with van der Waals surface area (Å²) in [6.07, 6.45) is 3.63. The maximum Gasteiger partial charge on any atom is 0.165 e. The summed E-state index contributed by atoms with van der Waals surface area (Å²) >= 11 is 1.72. The van der Waals surface area contributed by atoms with Crippen LogP contribution in [0, 0.1) is 0 Å². The molecule has 2 N–H and O–H groups in total. The predicted octanol–water partition coefficient (Wildman–Crippen LogP) is 2.44. The molecule has 0 unspecified atom stereocenters. The molecule has 1 aromatic carbocycles. The lowest BCUT2D eigenvalue weighted by Gasteiger charge is -2.09. The second-order valence-electron chi connectivity index (χ2n) is 4.12. The van der Waals surface area contributed by atoms with E-state index in [2.05, 4.69) is 39.6 Å². The first-order chi connectivity index (χ1) is 9.40. The summed E-state index contributed by atoms with van der Waals surface area (Å²) in [6.45, 7) is 2.48. The van der Waals surface area contributed by atoms with Crippen molar-refractivity contribution in [3.63, 3.8) is 0 Å². The first-order valence-electron chi connectivity index (χ1n) is 6.29. The molecule has 0 radical (unpaired) electrons. The molecule has 0 saturated heterocycles. The third-order valence-electron chi connectivity index (χ3n) is 2.75. The standard InChI is InChI=1S/C14H19N3OS/c1-18-9-8-15-10-12-4-2-3-5-13(12)11-19-14-16-6-7-17-14/h2-7,15H,8-11H2,1H3,(H,16,17). The van der Waals surface area contributed by atoms with E-state index in [1.807, 2.05) is 6.20 Å². The highest BCUT2D eigenvalue weighted by atomic mass is 32.2. The highest BCUT2D eigenvalue weighted by molar-refractivity contribution is 7.98. The molecule has 0 spiro atoms. The lowest BCUT2D eigenvalue weighted by Crippen LogP contribution is -2.19. The molecule has 2 aromatic rings. The molecule has 0 aliphatic rings. The molecule has 0 aliphatic carbocycles. The quantitative estimate of drug-likeness (QED) is 0.575. The zero-order chi connectivity index (χ0) is 13.3. The Kier molecular flexibility index (Phi) is 5.94. The number of nitrogens with one attached hydrogen (secondary N) is 2. The van der Waals surface area contributed by atoms with Gasteiger partial charge in [0, 0.05) is 38.3 Å². The van der Waals surface area contributed by atoms with Crippen LogP contribution in [-0.2, 0) is 17.0 Å². The van der Waals surface area contributed by atoms with Crippen LogP contribution >= 0.6 is 11.8 Å². The summed E-state index contributed by atoms with van der Waals surface area (Å²) in [6, 6.07) is 8.49. The Morgan fingerprint density at radius 1 is 1.32 bits per heavy atom. The van der Waals surface area contributed by atoms with Gasteiger partial charge in [0.25, 0.3) is 0 Å². The molecular weight excluding hydrogens is 258 g/mol. The molecule has 4 nitrogen and oxygen atoms in total. The van der Waals surface area contributed by atoms with E-state index in [0.717, 1.165) is 30.6 Å². The highest BCUT2D eigenvalue weighted by Crippen LogP contribution is 2.21. The number of imidazole rings is 1. The average Bonchev–Trinajstić information content (AvgIpc) is 2.96. The Morgan fingerprint density at radius 3 is 2.89 bits per heavy atom. The predicted molar refractivity (Wildman–Crippen MR) is 78.2 cm³/mol. The molecule has 2 rings (SSSR count). The SMILES string of the molecule is COCCNCc1ccccc1CSc1ncc[nH]1. The number of benzene rings is 1. The van der Waals surface area contributed by atoms with Gasteiger partial charge in [-0.3, -0.25) is 0 Å². The topological polar surface area (TPSA) is 49.9 Å². The van der Waals surface area contributed by atoms with Gasteiger partial charge >= 0.3 is 0 Å². The first kappa shape index (κ1) is 14.1. The second kappa shape index (κ2) is 7.99. The van der Waals surface area contributed by atoms with Gasteiger partial charge in [-0.15, -0.1) is 0 Å². The summed E-state index contributed by atoms with van der Waals surface area (Å²) in [5.74, 6) is 0.926. The number of thioether (sulfide) groups is 1. The van der Waals surface area contributed by atoms with Crippen molar-refractivity contribution in [1.82, 2.24) is 15.3 Å². The van der Waals surface area contributed by atoms with Crippen molar-refractivity contribution >= 4 is 11.8 Å². The van der Waals surface area contributed by atoms with Crippen molar-refractivity contribution in [2.24, 2.45) is 0 Å². The maximum atomic E-state index is 5.03. The van der Waals surface area contributed by atoms with Gasteiger partial charge in [-0.05, 0) is 11.1 Å². The Labute approximate surface area is 118 Å². The van der Waals surface area contributed by atoms with Crippen molar-refractivity contribution in [2.45, 2.75) is 17.5 Å². The number of H-pyrrole nitrogens is 1. The van der Waals surface area contributed by atoms with Crippen LogP contribution in [0.3, 0.4) is 0 Å². The average molecular weight is 277 g/mol. The molecule has 0 atom stereocenters. The fourth-order valence-corrected chi connectivity index (χ4v) is 2.60. The summed E-state index contributed by atoms with van der Waals surface area (Å²) in [4.78, 5) is 7.33. The normalized spacial score (nSPS) is 10.8. The number of methoxy groups -OCH3 is 1. The molecule has 0 amide bonds. The number of aromatic amines is 1.